The fourth-order valence-electron chi connectivity index (χ4n) is 6.39. The first kappa shape index (κ1) is 28.8. The molecule has 5 rings (SSSR count). The van der Waals surface area contributed by atoms with Crippen molar-refractivity contribution in [1.82, 2.24) is 14.6 Å². The van der Waals surface area contributed by atoms with Crippen molar-refractivity contribution in [3.8, 4) is 11.3 Å². The van der Waals surface area contributed by atoms with E-state index in [-0.39, 0.29) is 12.0 Å². The number of nitrogens with one attached hydrogen (secondary N) is 2. The zero-order valence-corrected chi connectivity index (χ0v) is 25.0. The van der Waals surface area contributed by atoms with Gasteiger partial charge in [0, 0.05) is 47.0 Å². The Bertz CT molecular complexity index is 1490. The van der Waals surface area contributed by atoms with Crippen molar-refractivity contribution in [2.24, 2.45) is 11.8 Å². The first-order valence-corrected chi connectivity index (χ1v) is 16.1. The number of hydrogen-bond donors (Lipinski definition) is 3. The molecule has 1 heterocycles. The fraction of sp³-hybridized carbons (Fsp3) is 0.531. The number of nitrogens with zero attached hydrogens (tertiary/aromatic N) is 1. The molecule has 7 nitrogen and oxygen atoms in total. The third-order valence-electron chi connectivity index (χ3n) is 8.60. The molecule has 0 bridgehead atoms. The maximum Gasteiger partial charge on any atom is 0.306 e. The van der Waals surface area contributed by atoms with Crippen molar-refractivity contribution >= 4 is 26.8 Å². The molecule has 2 saturated carbocycles. The monoisotopic (exact) mass is 565 g/mol. The molecule has 8 heteroatoms. The van der Waals surface area contributed by atoms with E-state index in [4.69, 9.17) is 0 Å². The van der Waals surface area contributed by atoms with Gasteiger partial charge in [0.15, 0.2) is 0 Å². The molecule has 0 amide bonds. The fourth-order valence-corrected chi connectivity index (χ4v) is 8.03. The molecule has 2 aromatic carbocycles. The van der Waals surface area contributed by atoms with Crippen LogP contribution in [0.25, 0.3) is 22.0 Å². The summed E-state index contributed by atoms with van der Waals surface area (Å²) in [5, 5.41) is 14.5. The molecular weight excluding hydrogens is 522 g/mol. The van der Waals surface area contributed by atoms with E-state index in [1.165, 1.54) is 43.4 Å². The summed E-state index contributed by atoms with van der Waals surface area (Å²) in [6.07, 6.45) is 7.68. The number of carboxylic acids is 1. The van der Waals surface area contributed by atoms with Gasteiger partial charge in [0.1, 0.15) is 0 Å². The van der Waals surface area contributed by atoms with Gasteiger partial charge < -0.3 is 15.0 Å². The third-order valence-corrected chi connectivity index (χ3v) is 10.4. The van der Waals surface area contributed by atoms with E-state index in [0.717, 1.165) is 23.2 Å². The minimum absolute atomic E-state index is 0.228. The molecule has 3 N–H and O–H groups in total. The van der Waals surface area contributed by atoms with Crippen molar-refractivity contribution in [2.75, 3.05) is 0 Å². The number of carboxylic acid groups (broad SMARTS) is 1. The van der Waals surface area contributed by atoms with Crippen LogP contribution in [0.3, 0.4) is 0 Å². The van der Waals surface area contributed by atoms with E-state index in [1.54, 1.807) is 6.07 Å². The molecule has 0 saturated heterocycles. The predicted molar refractivity (Wildman–Crippen MR) is 160 cm³/mol. The Hall–Kier alpha value is -2.68. The van der Waals surface area contributed by atoms with Crippen molar-refractivity contribution in [3.05, 3.63) is 53.7 Å². The average molecular weight is 566 g/mol. The van der Waals surface area contributed by atoms with Crippen LogP contribution in [0.5, 0.6) is 0 Å². The highest BCUT2D eigenvalue weighted by atomic mass is 32.2. The smallest absolute Gasteiger partial charge is 0.306 e. The zero-order chi connectivity index (χ0) is 28.7. The number of hydrogen-bond acceptors (Lipinski definition) is 4. The lowest BCUT2D eigenvalue weighted by Gasteiger charge is -2.33. The van der Waals surface area contributed by atoms with E-state index in [9.17, 15) is 18.3 Å². The number of fused-ring (bicyclic) bond motifs is 1. The third kappa shape index (κ3) is 6.14. The van der Waals surface area contributed by atoms with Gasteiger partial charge in [-0.25, -0.2) is 13.1 Å². The van der Waals surface area contributed by atoms with Crippen LogP contribution in [0.15, 0.2) is 47.4 Å². The summed E-state index contributed by atoms with van der Waals surface area (Å²) in [6.45, 7) is 9.37. The van der Waals surface area contributed by atoms with Crippen LogP contribution in [0.4, 0.5) is 0 Å². The summed E-state index contributed by atoms with van der Waals surface area (Å²) >= 11 is 0. The summed E-state index contributed by atoms with van der Waals surface area (Å²) in [6, 6.07) is 14.0. The van der Waals surface area contributed by atoms with Gasteiger partial charge in [-0.2, -0.15) is 0 Å². The van der Waals surface area contributed by atoms with Crippen LogP contribution in [-0.4, -0.2) is 35.6 Å². The SMILES string of the molecule is Cc1c(CNC2CC(C(=O)O)C2)cc(-c2ccc(S(=O)(=O)NC(C)(C)C)c3ccccc23)n1CC1CCCCC1. The predicted octanol–water partition coefficient (Wildman–Crippen LogP) is 6.23. The van der Waals surface area contributed by atoms with E-state index in [1.807, 2.05) is 51.1 Å². The standard InChI is InChI=1S/C32H43N3O4S/c1-21-24(19-33-25-16-23(17-25)31(36)37)18-29(35(21)20-22-10-6-5-7-11-22)27-14-15-30(28-13-9-8-12-26(27)28)40(38,39)34-32(2,3)4/h8-9,12-15,18,22-23,25,33-34H,5-7,10-11,16-17,19-20H2,1-4H3,(H,36,37). The van der Waals surface area contributed by atoms with Crippen LogP contribution in [-0.2, 0) is 27.9 Å². The topological polar surface area (TPSA) is 100 Å². The molecule has 0 radical (unpaired) electrons. The molecule has 2 fully saturated rings. The first-order chi connectivity index (χ1) is 18.9. The highest BCUT2D eigenvalue weighted by molar-refractivity contribution is 7.89. The molecular formula is C32H43N3O4S. The van der Waals surface area contributed by atoms with Crippen molar-refractivity contribution in [3.63, 3.8) is 0 Å². The average Bonchev–Trinajstić information content (AvgIpc) is 3.16. The highest BCUT2D eigenvalue weighted by Gasteiger charge is 2.34. The van der Waals surface area contributed by atoms with Gasteiger partial charge in [0.25, 0.3) is 0 Å². The van der Waals surface area contributed by atoms with Gasteiger partial charge in [-0.1, -0.05) is 49.6 Å². The van der Waals surface area contributed by atoms with Crippen LogP contribution in [0, 0.1) is 18.8 Å². The summed E-state index contributed by atoms with van der Waals surface area (Å²) in [5.74, 6) is -0.312. The molecule has 0 spiro atoms. The van der Waals surface area contributed by atoms with Crippen LogP contribution in [0.1, 0.15) is 77.0 Å². The van der Waals surface area contributed by atoms with Gasteiger partial charge in [0.05, 0.1) is 10.8 Å². The molecule has 2 aliphatic rings. The Morgan fingerprint density at radius 2 is 1.70 bits per heavy atom. The largest absolute Gasteiger partial charge is 0.481 e. The van der Waals surface area contributed by atoms with Crippen LogP contribution in [0.2, 0.25) is 0 Å². The Morgan fingerprint density at radius 1 is 1.02 bits per heavy atom. The molecule has 216 valence electrons. The van der Waals surface area contributed by atoms with E-state index in [0.29, 0.717) is 35.6 Å². The van der Waals surface area contributed by atoms with Crippen LogP contribution < -0.4 is 10.0 Å². The van der Waals surface area contributed by atoms with Crippen molar-refractivity contribution < 1.29 is 18.3 Å². The molecule has 0 atom stereocenters. The maximum atomic E-state index is 13.4. The molecule has 40 heavy (non-hydrogen) atoms. The van der Waals surface area contributed by atoms with Gasteiger partial charge >= 0.3 is 5.97 Å². The molecule has 1 aromatic heterocycles. The van der Waals surface area contributed by atoms with E-state index < -0.39 is 21.5 Å². The summed E-state index contributed by atoms with van der Waals surface area (Å²) in [4.78, 5) is 11.5. The van der Waals surface area contributed by atoms with Gasteiger partial charge in [-0.3, -0.25) is 4.79 Å². The Kier molecular flexibility index (Phi) is 8.15. The second-order valence-electron chi connectivity index (χ2n) is 12.9. The normalized spacial score (nSPS) is 20.5. The number of aliphatic carboxylic acids is 1. The van der Waals surface area contributed by atoms with Crippen molar-refractivity contribution in [2.45, 2.75) is 102 Å². The molecule has 0 aliphatic heterocycles. The number of sulfonamides is 1. The minimum atomic E-state index is -3.71. The lowest BCUT2D eigenvalue weighted by molar-refractivity contribution is -0.145. The maximum absolute atomic E-state index is 13.4. The number of rotatable bonds is 9. The molecule has 0 unspecified atom stereocenters. The summed E-state index contributed by atoms with van der Waals surface area (Å²) in [7, 11) is -3.71. The van der Waals surface area contributed by atoms with Gasteiger partial charge in [0.2, 0.25) is 10.0 Å². The summed E-state index contributed by atoms with van der Waals surface area (Å²) < 4.78 is 32.0. The number of aromatic nitrogens is 1. The second kappa shape index (κ2) is 11.3. The Morgan fingerprint density at radius 3 is 2.35 bits per heavy atom. The zero-order valence-electron chi connectivity index (χ0n) is 24.2. The van der Waals surface area contributed by atoms with Crippen molar-refractivity contribution in [1.29, 1.82) is 0 Å². The van der Waals surface area contributed by atoms with Crippen LogP contribution >= 0.6 is 0 Å². The summed E-state index contributed by atoms with van der Waals surface area (Å²) in [5.41, 5.74) is 3.99. The minimum Gasteiger partial charge on any atom is -0.481 e. The van der Waals surface area contributed by atoms with E-state index in [2.05, 4.69) is 27.6 Å². The lowest BCUT2D eigenvalue weighted by atomic mass is 9.80. The van der Waals surface area contributed by atoms with E-state index >= 15 is 0 Å². The Labute approximate surface area is 238 Å². The lowest BCUT2D eigenvalue weighted by Crippen LogP contribution is -2.43. The first-order valence-electron chi connectivity index (χ1n) is 14.6. The number of benzene rings is 2. The highest BCUT2D eigenvalue weighted by Crippen LogP contribution is 2.37. The Balaban J connectivity index is 1.54. The number of carbonyl (C=O) groups is 1. The quantitative estimate of drug-likeness (QED) is 0.286. The second-order valence-corrected chi connectivity index (χ2v) is 14.5. The van der Waals surface area contributed by atoms with Gasteiger partial charge in [-0.15, -0.1) is 0 Å². The molecule has 2 aliphatic carbocycles. The van der Waals surface area contributed by atoms with Gasteiger partial charge in [-0.05, 0) is 82.4 Å². The molecule has 3 aromatic rings.